The molecular weight excluding hydrogens is 536 g/mol. The molecule has 3 amide bonds. The van der Waals surface area contributed by atoms with Crippen LogP contribution in [0.25, 0.3) is 0 Å². The van der Waals surface area contributed by atoms with Crippen molar-refractivity contribution in [2.24, 2.45) is 5.92 Å². The Balaban J connectivity index is 1.65. The Morgan fingerprint density at radius 2 is 1.61 bits per heavy atom. The standard InChI is InChI=1S/C27H28Cl2FN3O5/c28-20-11-8-18(14-21(20)29)27(38)33-13-12-32(26(37)17-4-2-1-3-5-17)25(33)24(36)31-22(15-23(34)35)16-6-9-19(30)10-7-16/h6-11,14,17,22,25H,1-5,12-13,15H2,(H,31,36)(H,34,35). The van der Waals surface area contributed by atoms with E-state index >= 15 is 0 Å². The van der Waals surface area contributed by atoms with E-state index in [0.717, 1.165) is 19.3 Å². The lowest BCUT2D eigenvalue weighted by molar-refractivity contribution is -0.145. The van der Waals surface area contributed by atoms with Crippen molar-refractivity contribution in [2.75, 3.05) is 13.1 Å². The van der Waals surface area contributed by atoms with E-state index in [1.54, 1.807) is 0 Å². The molecule has 2 N–H and O–H groups in total. The third-order valence-corrected chi connectivity index (χ3v) is 7.78. The van der Waals surface area contributed by atoms with Crippen molar-refractivity contribution in [3.8, 4) is 0 Å². The molecule has 1 saturated heterocycles. The largest absolute Gasteiger partial charge is 0.481 e. The molecule has 1 saturated carbocycles. The van der Waals surface area contributed by atoms with E-state index in [2.05, 4.69) is 5.32 Å². The Labute approximate surface area is 229 Å². The molecule has 202 valence electrons. The van der Waals surface area contributed by atoms with Crippen LogP contribution in [0, 0.1) is 11.7 Å². The summed E-state index contributed by atoms with van der Waals surface area (Å²) in [4.78, 5) is 55.0. The molecule has 38 heavy (non-hydrogen) atoms. The molecule has 2 aliphatic rings. The third-order valence-electron chi connectivity index (χ3n) is 7.04. The Morgan fingerprint density at radius 3 is 2.24 bits per heavy atom. The summed E-state index contributed by atoms with van der Waals surface area (Å²) in [6, 6.07) is 8.49. The predicted octanol–water partition coefficient (Wildman–Crippen LogP) is 4.66. The fraction of sp³-hybridized carbons (Fsp3) is 0.407. The highest BCUT2D eigenvalue weighted by Gasteiger charge is 2.45. The highest BCUT2D eigenvalue weighted by Crippen LogP contribution is 2.30. The van der Waals surface area contributed by atoms with E-state index in [1.807, 2.05) is 0 Å². The zero-order valence-corrected chi connectivity index (χ0v) is 22.1. The second-order valence-electron chi connectivity index (χ2n) is 9.58. The van der Waals surface area contributed by atoms with Gasteiger partial charge in [-0.15, -0.1) is 0 Å². The maximum absolute atomic E-state index is 13.7. The summed E-state index contributed by atoms with van der Waals surface area (Å²) in [6.45, 7) is 0.260. The zero-order valence-electron chi connectivity index (χ0n) is 20.5. The van der Waals surface area contributed by atoms with Crippen LogP contribution in [-0.2, 0) is 14.4 Å². The van der Waals surface area contributed by atoms with Gasteiger partial charge in [-0.1, -0.05) is 54.6 Å². The molecule has 2 aromatic rings. The van der Waals surface area contributed by atoms with E-state index < -0.39 is 42.2 Å². The lowest BCUT2D eigenvalue weighted by Crippen LogP contribution is -2.55. The van der Waals surface area contributed by atoms with Gasteiger partial charge < -0.3 is 20.2 Å². The SMILES string of the molecule is O=C(O)CC(NC(=O)C1N(C(=O)c2ccc(Cl)c(Cl)c2)CCN1C(=O)C1CCCCC1)c1ccc(F)cc1. The quantitative estimate of drug-likeness (QED) is 0.509. The third kappa shape index (κ3) is 6.27. The van der Waals surface area contributed by atoms with E-state index in [-0.39, 0.29) is 40.5 Å². The fourth-order valence-corrected chi connectivity index (χ4v) is 5.40. The van der Waals surface area contributed by atoms with Gasteiger partial charge in [0.05, 0.1) is 22.5 Å². The van der Waals surface area contributed by atoms with E-state index in [9.17, 15) is 28.7 Å². The van der Waals surface area contributed by atoms with Crippen LogP contribution in [0.5, 0.6) is 0 Å². The first kappa shape index (κ1) is 27.9. The number of carboxylic acids is 1. The number of halogens is 3. The van der Waals surface area contributed by atoms with Crippen LogP contribution in [0.1, 0.15) is 60.5 Å². The van der Waals surface area contributed by atoms with Crippen LogP contribution >= 0.6 is 23.2 Å². The number of hydrogen-bond donors (Lipinski definition) is 2. The minimum absolute atomic E-state index is 0.107. The van der Waals surface area contributed by atoms with Crippen LogP contribution in [0.3, 0.4) is 0 Å². The van der Waals surface area contributed by atoms with Crippen LogP contribution in [0.15, 0.2) is 42.5 Å². The number of benzene rings is 2. The van der Waals surface area contributed by atoms with Crippen molar-refractivity contribution in [2.45, 2.75) is 50.7 Å². The van der Waals surface area contributed by atoms with Gasteiger partial charge in [0, 0.05) is 24.6 Å². The summed E-state index contributed by atoms with van der Waals surface area (Å²) in [5, 5.41) is 12.6. The molecule has 1 heterocycles. The van der Waals surface area contributed by atoms with Crippen LogP contribution in [0.4, 0.5) is 4.39 Å². The first-order chi connectivity index (χ1) is 18.2. The van der Waals surface area contributed by atoms with Crippen molar-refractivity contribution in [1.82, 2.24) is 15.1 Å². The number of carbonyl (C=O) groups is 4. The molecule has 0 spiro atoms. The van der Waals surface area contributed by atoms with E-state index in [1.165, 1.54) is 52.3 Å². The van der Waals surface area contributed by atoms with Gasteiger partial charge in [0.1, 0.15) is 5.82 Å². The second-order valence-corrected chi connectivity index (χ2v) is 10.4. The average molecular weight is 564 g/mol. The number of carbonyl (C=O) groups excluding carboxylic acids is 3. The molecular formula is C27H28Cl2FN3O5. The number of carboxylic acid groups (broad SMARTS) is 1. The van der Waals surface area contributed by atoms with E-state index in [0.29, 0.717) is 18.4 Å². The Hall–Kier alpha value is -3.17. The molecule has 11 heteroatoms. The van der Waals surface area contributed by atoms with Crippen LogP contribution in [-0.4, -0.2) is 57.9 Å². The van der Waals surface area contributed by atoms with Gasteiger partial charge in [0.2, 0.25) is 5.91 Å². The molecule has 4 rings (SSSR count). The van der Waals surface area contributed by atoms with Crippen molar-refractivity contribution in [3.05, 3.63) is 69.5 Å². The van der Waals surface area contributed by atoms with Gasteiger partial charge in [-0.25, -0.2) is 4.39 Å². The summed E-state index contributed by atoms with van der Waals surface area (Å²) >= 11 is 12.1. The molecule has 1 aliphatic carbocycles. The van der Waals surface area contributed by atoms with Crippen molar-refractivity contribution >= 4 is 46.9 Å². The number of nitrogens with one attached hydrogen (secondary N) is 1. The molecule has 0 radical (unpaired) electrons. The molecule has 0 aromatic heterocycles. The van der Waals surface area contributed by atoms with Gasteiger partial charge in [0.15, 0.2) is 6.17 Å². The zero-order chi connectivity index (χ0) is 27.4. The average Bonchev–Trinajstić information content (AvgIpc) is 3.35. The molecule has 2 atom stereocenters. The summed E-state index contributed by atoms with van der Waals surface area (Å²) < 4.78 is 13.5. The number of hydrogen-bond acceptors (Lipinski definition) is 4. The first-order valence-electron chi connectivity index (χ1n) is 12.5. The molecule has 0 bridgehead atoms. The summed E-state index contributed by atoms with van der Waals surface area (Å²) in [6.07, 6.45) is 2.54. The topological polar surface area (TPSA) is 107 Å². The van der Waals surface area contributed by atoms with Crippen LogP contribution in [0.2, 0.25) is 10.0 Å². The number of amides is 3. The van der Waals surface area contributed by atoms with Crippen LogP contribution < -0.4 is 5.32 Å². The van der Waals surface area contributed by atoms with Crippen molar-refractivity contribution in [3.63, 3.8) is 0 Å². The van der Waals surface area contributed by atoms with E-state index in [4.69, 9.17) is 23.2 Å². The predicted molar refractivity (Wildman–Crippen MR) is 139 cm³/mol. The second kappa shape index (κ2) is 12.1. The normalized spacial score (nSPS) is 18.8. The number of aliphatic carboxylic acids is 1. The monoisotopic (exact) mass is 563 g/mol. The first-order valence-corrected chi connectivity index (χ1v) is 13.3. The Bertz CT molecular complexity index is 1220. The molecule has 2 fully saturated rings. The Kier molecular flexibility index (Phi) is 8.89. The van der Waals surface area contributed by atoms with Gasteiger partial charge in [0.25, 0.3) is 11.8 Å². The lowest BCUT2D eigenvalue weighted by Gasteiger charge is -2.33. The summed E-state index contributed by atoms with van der Waals surface area (Å²) in [7, 11) is 0. The molecule has 2 unspecified atom stereocenters. The number of nitrogens with zero attached hydrogens (tertiary/aromatic N) is 2. The minimum Gasteiger partial charge on any atom is -0.481 e. The van der Waals surface area contributed by atoms with Crippen molar-refractivity contribution < 1.29 is 28.7 Å². The van der Waals surface area contributed by atoms with Gasteiger partial charge in [-0.05, 0) is 48.7 Å². The summed E-state index contributed by atoms with van der Waals surface area (Å²) in [5.41, 5.74) is 0.581. The van der Waals surface area contributed by atoms with Gasteiger partial charge in [-0.3, -0.25) is 19.2 Å². The lowest BCUT2D eigenvalue weighted by atomic mass is 9.88. The maximum Gasteiger partial charge on any atom is 0.305 e. The maximum atomic E-state index is 13.7. The summed E-state index contributed by atoms with van der Waals surface area (Å²) in [5.74, 6) is -3.34. The van der Waals surface area contributed by atoms with Crippen molar-refractivity contribution in [1.29, 1.82) is 0 Å². The smallest absolute Gasteiger partial charge is 0.305 e. The van der Waals surface area contributed by atoms with Gasteiger partial charge >= 0.3 is 5.97 Å². The highest BCUT2D eigenvalue weighted by atomic mass is 35.5. The molecule has 2 aromatic carbocycles. The molecule has 8 nitrogen and oxygen atoms in total. The fourth-order valence-electron chi connectivity index (χ4n) is 5.10. The highest BCUT2D eigenvalue weighted by molar-refractivity contribution is 6.42. The number of rotatable bonds is 7. The minimum atomic E-state index is -1.29. The Morgan fingerprint density at radius 1 is 0.947 bits per heavy atom. The molecule has 1 aliphatic heterocycles. The van der Waals surface area contributed by atoms with Gasteiger partial charge in [-0.2, -0.15) is 0 Å².